The van der Waals surface area contributed by atoms with Gasteiger partial charge in [0.2, 0.25) is 0 Å². The fraction of sp³-hybridized carbons (Fsp3) is 0.375. The molecule has 0 N–H and O–H groups in total. The molecule has 0 radical (unpaired) electrons. The fourth-order valence-corrected chi connectivity index (χ4v) is 2.82. The summed E-state index contributed by atoms with van der Waals surface area (Å²) >= 11 is 0. The second-order valence-electron chi connectivity index (χ2n) is 6.60. The largest absolute Gasteiger partial charge is 0.490 e. The Labute approximate surface area is 179 Å². The third kappa shape index (κ3) is 8.17. The van der Waals surface area contributed by atoms with Gasteiger partial charge in [-0.2, -0.15) is 0 Å². The maximum Gasteiger partial charge on any atom is 0.125 e. The minimum absolute atomic E-state index is 0.393. The fourth-order valence-electron chi connectivity index (χ4n) is 2.82. The highest BCUT2D eigenvalue weighted by Gasteiger charge is 2.07. The first-order valence-corrected chi connectivity index (χ1v) is 9.96. The average Bonchev–Trinajstić information content (AvgIpc) is 2.73. The Hall–Kier alpha value is -2.99. The van der Waals surface area contributed by atoms with Crippen LogP contribution < -0.4 is 14.2 Å². The van der Waals surface area contributed by atoms with E-state index in [4.69, 9.17) is 18.9 Å². The van der Waals surface area contributed by atoms with Crippen molar-refractivity contribution in [2.24, 2.45) is 5.16 Å². The van der Waals surface area contributed by atoms with Crippen molar-refractivity contribution in [2.75, 3.05) is 33.5 Å². The van der Waals surface area contributed by atoms with Crippen molar-refractivity contribution in [3.8, 4) is 17.2 Å². The summed E-state index contributed by atoms with van der Waals surface area (Å²) in [6, 6.07) is 11.8. The number of ether oxygens (including phenoxy) is 4. The van der Waals surface area contributed by atoms with Crippen LogP contribution in [0.4, 0.5) is 0 Å². The number of hydrogen-bond donors (Lipinski definition) is 0. The lowest BCUT2D eigenvalue weighted by molar-refractivity contribution is 0.154. The Morgan fingerprint density at radius 3 is 2.40 bits per heavy atom. The van der Waals surface area contributed by atoms with Crippen molar-refractivity contribution in [1.29, 1.82) is 0 Å². The Morgan fingerprint density at radius 2 is 1.67 bits per heavy atom. The first-order valence-electron chi connectivity index (χ1n) is 9.96. The number of rotatable bonds is 13. The SMILES string of the molecule is C/C=C/COc1cc(C)c(OCCOc2cccc(COCC=NOC)c2)c(C)c1. The molecule has 30 heavy (non-hydrogen) atoms. The van der Waals surface area contributed by atoms with E-state index in [-0.39, 0.29) is 0 Å². The molecular formula is C24H31NO5. The Kier molecular flexibility index (Phi) is 10.3. The summed E-state index contributed by atoms with van der Waals surface area (Å²) in [6.07, 6.45) is 5.52. The van der Waals surface area contributed by atoms with E-state index >= 15 is 0 Å². The van der Waals surface area contributed by atoms with E-state index in [1.807, 2.05) is 69.3 Å². The molecule has 0 saturated heterocycles. The lowest BCUT2D eigenvalue weighted by Gasteiger charge is -2.15. The minimum Gasteiger partial charge on any atom is -0.490 e. The van der Waals surface area contributed by atoms with Gasteiger partial charge in [-0.25, -0.2) is 0 Å². The summed E-state index contributed by atoms with van der Waals surface area (Å²) in [6.45, 7) is 8.35. The monoisotopic (exact) mass is 413 g/mol. The summed E-state index contributed by atoms with van der Waals surface area (Å²) in [5.74, 6) is 2.50. The van der Waals surface area contributed by atoms with Gasteiger partial charge in [0.1, 0.15) is 44.2 Å². The van der Waals surface area contributed by atoms with E-state index in [0.29, 0.717) is 33.0 Å². The van der Waals surface area contributed by atoms with E-state index < -0.39 is 0 Å². The van der Waals surface area contributed by atoms with Crippen LogP contribution in [-0.2, 0) is 16.2 Å². The van der Waals surface area contributed by atoms with Crippen LogP contribution in [0.2, 0.25) is 0 Å². The average molecular weight is 414 g/mol. The smallest absolute Gasteiger partial charge is 0.125 e. The number of nitrogens with zero attached hydrogens (tertiary/aromatic N) is 1. The topological polar surface area (TPSA) is 58.5 Å². The first-order chi connectivity index (χ1) is 14.6. The summed E-state index contributed by atoms with van der Waals surface area (Å²) in [5.41, 5.74) is 3.11. The van der Waals surface area contributed by atoms with Crippen molar-refractivity contribution in [1.82, 2.24) is 0 Å². The summed E-state index contributed by atoms with van der Waals surface area (Å²) in [5, 5.41) is 3.63. The molecular weight excluding hydrogens is 382 g/mol. The number of allylic oxidation sites excluding steroid dienone is 1. The molecule has 162 valence electrons. The number of oxime groups is 1. The molecule has 0 aliphatic rings. The molecule has 2 rings (SSSR count). The van der Waals surface area contributed by atoms with Crippen LogP contribution in [0.15, 0.2) is 53.7 Å². The molecule has 6 nitrogen and oxygen atoms in total. The molecule has 0 bridgehead atoms. The van der Waals surface area contributed by atoms with Crippen LogP contribution in [0.25, 0.3) is 0 Å². The second kappa shape index (κ2) is 13.3. The van der Waals surface area contributed by atoms with Gasteiger partial charge in [0.25, 0.3) is 0 Å². The zero-order valence-corrected chi connectivity index (χ0v) is 18.2. The molecule has 0 unspecified atom stereocenters. The maximum atomic E-state index is 5.96. The lowest BCUT2D eigenvalue weighted by atomic mass is 10.1. The number of hydrogen-bond acceptors (Lipinski definition) is 6. The van der Waals surface area contributed by atoms with Gasteiger partial charge in [0.15, 0.2) is 0 Å². The molecule has 0 spiro atoms. The highest BCUT2D eigenvalue weighted by Crippen LogP contribution is 2.28. The van der Waals surface area contributed by atoms with E-state index in [1.54, 1.807) is 6.21 Å². The van der Waals surface area contributed by atoms with Gasteiger partial charge in [-0.15, -0.1) is 0 Å². The number of benzene rings is 2. The standard InChI is InChI=1S/C24H31NO5/c1-5-6-11-28-23-15-19(2)24(20(3)16-23)30-14-13-29-22-9-7-8-21(17-22)18-27-12-10-25-26-4/h5-10,15-17H,11-14,18H2,1-4H3/b6-5+,25-10?. The third-order valence-electron chi connectivity index (χ3n) is 4.15. The van der Waals surface area contributed by atoms with E-state index in [0.717, 1.165) is 33.9 Å². The normalized spacial score (nSPS) is 11.2. The van der Waals surface area contributed by atoms with Crippen LogP contribution in [0.5, 0.6) is 17.2 Å². The molecule has 6 heteroatoms. The molecule has 0 aliphatic heterocycles. The molecule has 0 amide bonds. The molecule has 0 fully saturated rings. The van der Waals surface area contributed by atoms with Gasteiger partial charge in [-0.05, 0) is 61.7 Å². The van der Waals surface area contributed by atoms with E-state index in [9.17, 15) is 0 Å². The van der Waals surface area contributed by atoms with Crippen molar-refractivity contribution in [3.05, 3.63) is 65.2 Å². The van der Waals surface area contributed by atoms with E-state index in [2.05, 4.69) is 9.99 Å². The number of aryl methyl sites for hydroxylation is 2. The van der Waals surface area contributed by atoms with E-state index in [1.165, 1.54) is 7.11 Å². The van der Waals surface area contributed by atoms with Crippen molar-refractivity contribution < 1.29 is 23.8 Å². The molecule has 2 aromatic carbocycles. The summed E-state index contributed by atoms with van der Waals surface area (Å²) in [7, 11) is 1.50. The third-order valence-corrected chi connectivity index (χ3v) is 4.15. The zero-order chi connectivity index (χ0) is 21.6. The van der Waals surface area contributed by atoms with Crippen LogP contribution in [0.3, 0.4) is 0 Å². The quantitative estimate of drug-likeness (QED) is 0.203. The molecule has 0 aromatic heterocycles. The van der Waals surface area contributed by atoms with Crippen molar-refractivity contribution in [2.45, 2.75) is 27.4 Å². The van der Waals surface area contributed by atoms with Gasteiger partial charge in [0, 0.05) is 0 Å². The minimum atomic E-state index is 0.393. The molecule has 0 atom stereocenters. The zero-order valence-electron chi connectivity index (χ0n) is 18.2. The van der Waals surface area contributed by atoms with Crippen LogP contribution in [0.1, 0.15) is 23.6 Å². The van der Waals surface area contributed by atoms with Gasteiger partial charge < -0.3 is 23.8 Å². The summed E-state index contributed by atoms with van der Waals surface area (Å²) in [4.78, 5) is 4.59. The van der Waals surface area contributed by atoms with Crippen LogP contribution >= 0.6 is 0 Å². The first kappa shape index (κ1) is 23.3. The molecule has 0 saturated carbocycles. The Morgan fingerprint density at radius 1 is 0.900 bits per heavy atom. The maximum absolute atomic E-state index is 5.96. The lowest BCUT2D eigenvalue weighted by Crippen LogP contribution is -2.10. The van der Waals surface area contributed by atoms with Gasteiger partial charge in [-0.3, -0.25) is 0 Å². The highest BCUT2D eigenvalue weighted by molar-refractivity contribution is 5.57. The van der Waals surface area contributed by atoms with Crippen LogP contribution in [0, 0.1) is 13.8 Å². The van der Waals surface area contributed by atoms with Crippen molar-refractivity contribution in [3.63, 3.8) is 0 Å². The predicted molar refractivity (Wildman–Crippen MR) is 119 cm³/mol. The molecule has 0 heterocycles. The molecule has 2 aromatic rings. The predicted octanol–water partition coefficient (Wildman–Crippen LogP) is 4.86. The molecule has 0 aliphatic carbocycles. The van der Waals surface area contributed by atoms with Gasteiger partial charge in [0.05, 0.1) is 19.4 Å². The van der Waals surface area contributed by atoms with Gasteiger partial charge >= 0.3 is 0 Å². The Bertz CT molecular complexity index is 809. The Balaban J connectivity index is 1.79. The summed E-state index contributed by atoms with van der Waals surface area (Å²) < 4.78 is 23.0. The van der Waals surface area contributed by atoms with Crippen molar-refractivity contribution >= 4 is 6.21 Å². The highest BCUT2D eigenvalue weighted by atomic mass is 16.6. The van der Waals surface area contributed by atoms with Crippen LogP contribution in [-0.4, -0.2) is 39.8 Å². The second-order valence-corrected chi connectivity index (χ2v) is 6.60. The van der Waals surface area contributed by atoms with Gasteiger partial charge in [-0.1, -0.05) is 29.4 Å².